The first-order chi connectivity index (χ1) is 9.10. The fourth-order valence-corrected chi connectivity index (χ4v) is 2.18. The van der Waals surface area contributed by atoms with E-state index >= 15 is 0 Å². The maximum atomic E-state index is 4.62. The molecule has 0 bridgehead atoms. The zero-order valence-corrected chi connectivity index (χ0v) is 13.2. The molecule has 4 nitrogen and oxygen atoms in total. The first-order valence-electron chi connectivity index (χ1n) is 7.61. The number of nitrogens with zero attached hydrogens (tertiary/aromatic N) is 3. The summed E-state index contributed by atoms with van der Waals surface area (Å²) in [6, 6.07) is 2.81. The standard InChI is InChI=1S/C15H30N4/c1-6-14-11-15(19(8-3)17-14)12-18(7-2)10-9-16-13(4)5/h11,13,16H,6-10,12H2,1-5H3. The lowest BCUT2D eigenvalue weighted by molar-refractivity contribution is 0.267. The Bertz CT molecular complexity index is 357. The predicted octanol–water partition coefficient (Wildman–Crippen LogP) is 2.29. The molecule has 1 N–H and O–H groups in total. The number of aromatic nitrogens is 2. The molecule has 0 radical (unpaired) electrons. The van der Waals surface area contributed by atoms with Crippen LogP contribution in [-0.4, -0.2) is 40.4 Å². The lowest BCUT2D eigenvalue weighted by Crippen LogP contribution is -2.35. The summed E-state index contributed by atoms with van der Waals surface area (Å²) < 4.78 is 2.14. The van der Waals surface area contributed by atoms with Gasteiger partial charge in [-0.3, -0.25) is 9.58 Å². The molecule has 1 rings (SSSR count). The quantitative estimate of drug-likeness (QED) is 0.744. The maximum Gasteiger partial charge on any atom is 0.0625 e. The van der Waals surface area contributed by atoms with Gasteiger partial charge in [-0.1, -0.05) is 27.7 Å². The van der Waals surface area contributed by atoms with Crippen molar-refractivity contribution in [2.45, 2.75) is 60.2 Å². The van der Waals surface area contributed by atoms with Gasteiger partial charge in [0, 0.05) is 32.2 Å². The third kappa shape index (κ3) is 5.33. The van der Waals surface area contributed by atoms with E-state index < -0.39 is 0 Å². The van der Waals surface area contributed by atoms with Gasteiger partial charge in [0.2, 0.25) is 0 Å². The van der Waals surface area contributed by atoms with Crippen molar-refractivity contribution in [1.82, 2.24) is 20.0 Å². The molecule has 0 aromatic carbocycles. The van der Waals surface area contributed by atoms with E-state index in [1.165, 1.54) is 11.4 Å². The van der Waals surface area contributed by atoms with Crippen LogP contribution in [0.1, 0.15) is 46.0 Å². The Hall–Kier alpha value is -0.870. The molecule has 0 aliphatic carbocycles. The Kier molecular flexibility index (Phi) is 7.10. The summed E-state index contributed by atoms with van der Waals surface area (Å²) in [5, 5.41) is 8.09. The normalized spacial score (nSPS) is 11.7. The first kappa shape index (κ1) is 16.2. The fourth-order valence-electron chi connectivity index (χ4n) is 2.18. The van der Waals surface area contributed by atoms with Gasteiger partial charge in [0.05, 0.1) is 11.4 Å². The predicted molar refractivity (Wildman–Crippen MR) is 81.4 cm³/mol. The Labute approximate surface area is 118 Å². The van der Waals surface area contributed by atoms with E-state index in [0.29, 0.717) is 6.04 Å². The molecule has 1 aromatic rings. The average molecular weight is 266 g/mol. The summed E-state index contributed by atoms with van der Waals surface area (Å²) in [4.78, 5) is 2.47. The van der Waals surface area contributed by atoms with Gasteiger partial charge in [0.15, 0.2) is 0 Å². The molecule has 4 heteroatoms. The van der Waals surface area contributed by atoms with Crippen LogP contribution in [0.15, 0.2) is 6.07 Å². The molecule has 0 saturated carbocycles. The van der Waals surface area contributed by atoms with Gasteiger partial charge in [-0.05, 0) is 26.0 Å². The van der Waals surface area contributed by atoms with Crippen molar-refractivity contribution in [3.8, 4) is 0 Å². The van der Waals surface area contributed by atoms with Crippen molar-refractivity contribution in [2.24, 2.45) is 0 Å². The largest absolute Gasteiger partial charge is 0.313 e. The van der Waals surface area contributed by atoms with Gasteiger partial charge in [-0.2, -0.15) is 5.10 Å². The maximum absolute atomic E-state index is 4.62. The number of rotatable bonds is 9. The molecule has 1 heterocycles. The number of likely N-dealkylation sites (N-methyl/N-ethyl adjacent to an activating group) is 1. The zero-order valence-electron chi connectivity index (χ0n) is 13.2. The van der Waals surface area contributed by atoms with E-state index in [-0.39, 0.29) is 0 Å². The molecule has 110 valence electrons. The highest BCUT2D eigenvalue weighted by Crippen LogP contribution is 2.08. The average Bonchev–Trinajstić information content (AvgIpc) is 2.79. The van der Waals surface area contributed by atoms with E-state index in [4.69, 9.17) is 0 Å². The van der Waals surface area contributed by atoms with Crippen molar-refractivity contribution in [3.05, 3.63) is 17.5 Å². The van der Waals surface area contributed by atoms with Crippen LogP contribution in [0.2, 0.25) is 0 Å². The van der Waals surface area contributed by atoms with Gasteiger partial charge in [-0.25, -0.2) is 0 Å². The summed E-state index contributed by atoms with van der Waals surface area (Å²) in [6.07, 6.45) is 1.01. The van der Waals surface area contributed by atoms with E-state index in [9.17, 15) is 0 Å². The van der Waals surface area contributed by atoms with Gasteiger partial charge in [-0.15, -0.1) is 0 Å². The van der Waals surface area contributed by atoms with Crippen molar-refractivity contribution < 1.29 is 0 Å². The van der Waals surface area contributed by atoms with Crippen LogP contribution in [0.4, 0.5) is 0 Å². The van der Waals surface area contributed by atoms with Gasteiger partial charge < -0.3 is 5.32 Å². The number of aryl methyl sites for hydroxylation is 2. The molecule has 0 atom stereocenters. The third-order valence-electron chi connectivity index (χ3n) is 3.39. The smallest absolute Gasteiger partial charge is 0.0625 e. The first-order valence-corrected chi connectivity index (χ1v) is 7.61. The van der Waals surface area contributed by atoms with E-state index in [2.05, 4.69) is 60.7 Å². The second kappa shape index (κ2) is 8.33. The van der Waals surface area contributed by atoms with Crippen molar-refractivity contribution >= 4 is 0 Å². The van der Waals surface area contributed by atoms with Crippen molar-refractivity contribution in [2.75, 3.05) is 19.6 Å². The second-order valence-corrected chi connectivity index (χ2v) is 5.27. The molecule has 0 aliphatic rings. The van der Waals surface area contributed by atoms with Crippen LogP contribution in [0, 0.1) is 0 Å². The molecule has 0 fully saturated rings. The molecule has 0 aliphatic heterocycles. The Balaban J connectivity index is 2.56. The van der Waals surface area contributed by atoms with Crippen LogP contribution in [-0.2, 0) is 19.5 Å². The minimum absolute atomic E-state index is 0.562. The molecule has 0 amide bonds. The summed E-state index contributed by atoms with van der Waals surface area (Å²) >= 11 is 0. The topological polar surface area (TPSA) is 33.1 Å². The van der Waals surface area contributed by atoms with E-state index in [1.807, 2.05) is 0 Å². The highest BCUT2D eigenvalue weighted by molar-refractivity contribution is 5.10. The van der Waals surface area contributed by atoms with Crippen LogP contribution < -0.4 is 5.32 Å². The van der Waals surface area contributed by atoms with Crippen LogP contribution in [0.3, 0.4) is 0 Å². The van der Waals surface area contributed by atoms with Crippen LogP contribution >= 0.6 is 0 Å². The van der Waals surface area contributed by atoms with Gasteiger partial charge in [0.25, 0.3) is 0 Å². The van der Waals surface area contributed by atoms with Gasteiger partial charge in [0.1, 0.15) is 0 Å². The Morgan fingerprint density at radius 3 is 2.58 bits per heavy atom. The molecule has 0 spiro atoms. The third-order valence-corrected chi connectivity index (χ3v) is 3.39. The highest BCUT2D eigenvalue weighted by atomic mass is 15.3. The number of nitrogens with one attached hydrogen (secondary N) is 1. The molecular weight excluding hydrogens is 236 g/mol. The van der Waals surface area contributed by atoms with E-state index in [0.717, 1.165) is 39.1 Å². The summed E-state index contributed by atoms with van der Waals surface area (Å²) in [7, 11) is 0. The van der Waals surface area contributed by atoms with Crippen molar-refractivity contribution in [1.29, 1.82) is 0 Å². The minimum atomic E-state index is 0.562. The Morgan fingerprint density at radius 1 is 1.32 bits per heavy atom. The summed E-state index contributed by atoms with van der Waals surface area (Å²) in [5.41, 5.74) is 2.54. The summed E-state index contributed by atoms with van der Waals surface area (Å²) in [5.74, 6) is 0. The SMILES string of the molecule is CCc1cc(CN(CC)CCNC(C)C)n(CC)n1. The minimum Gasteiger partial charge on any atom is -0.313 e. The lowest BCUT2D eigenvalue weighted by Gasteiger charge is -2.21. The number of hydrogen-bond donors (Lipinski definition) is 1. The second-order valence-electron chi connectivity index (χ2n) is 5.27. The van der Waals surface area contributed by atoms with Crippen LogP contribution in [0.25, 0.3) is 0 Å². The fraction of sp³-hybridized carbons (Fsp3) is 0.800. The lowest BCUT2D eigenvalue weighted by atomic mass is 10.3. The van der Waals surface area contributed by atoms with Crippen LogP contribution in [0.5, 0.6) is 0 Å². The van der Waals surface area contributed by atoms with E-state index in [1.54, 1.807) is 0 Å². The highest BCUT2D eigenvalue weighted by Gasteiger charge is 2.10. The molecule has 0 saturated heterocycles. The van der Waals surface area contributed by atoms with Gasteiger partial charge >= 0.3 is 0 Å². The number of hydrogen-bond acceptors (Lipinski definition) is 3. The Morgan fingerprint density at radius 2 is 2.05 bits per heavy atom. The monoisotopic (exact) mass is 266 g/mol. The molecule has 0 unspecified atom stereocenters. The molecule has 1 aromatic heterocycles. The van der Waals surface area contributed by atoms with Crippen molar-refractivity contribution in [3.63, 3.8) is 0 Å². The molecular formula is C15H30N4. The molecule has 19 heavy (non-hydrogen) atoms. The summed E-state index contributed by atoms with van der Waals surface area (Å²) in [6.45, 7) is 16.1. The zero-order chi connectivity index (χ0) is 14.3.